The summed E-state index contributed by atoms with van der Waals surface area (Å²) in [7, 11) is -5.34. The van der Waals surface area contributed by atoms with Crippen molar-refractivity contribution in [3.05, 3.63) is 0 Å². The second-order valence-corrected chi connectivity index (χ2v) is 16.7. The summed E-state index contributed by atoms with van der Waals surface area (Å²) in [5.74, 6) is 0. The largest absolute Gasteiger partial charge is 0.444 e. The molecule has 0 bridgehead atoms. The van der Waals surface area contributed by atoms with Gasteiger partial charge in [-0.2, -0.15) is 0 Å². The second kappa shape index (κ2) is 7.19. The van der Waals surface area contributed by atoms with Crippen LogP contribution in [-0.4, -0.2) is 64.0 Å². The summed E-state index contributed by atoms with van der Waals surface area (Å²) in [6.07, 6.45) is 0.871. The minimum absolute atomic E-state index is 0.0157. The Kier molecular flexibility index (Phi) is 6.45. The van der Waals surface area contributed by atoms with E-state index in [-0.39, 0.29) is 17.7 Å². The van der Waals surface area contributed by atoms with Crippen LogP contribution in [0.25, 0.3) is 0 Å². The van der Waals surface area contributed by atoms with Crippen LogP contribution in [0.2, 0.25) is 18.1 Å². The molecule has 0 spiro atoms. The maximum Gasteiger partial charge on any atom is 0.410 e. The highest BCUT2D eigenvalue weighted by Gasteiger charge is 2.43. The highest BCUT2D eigenvalue weighted by Crippen LogP contribution is 2.38. The minimum atomic E-state index is -3.27. The van der Waals surface area contributed by atoms with E-state index in [0.29, 0.717) is 13.0 Å². The first-order valence-electron chi connectivity index (χ1n) is 8.77. The van der Waals surface area contributed by atoms with Gasteiger partial charge in [-0.25, -0.2) is 13.2 Å². The van der Waals surface area contributed by atoms with E-state index in [1.165, 1.54) is 11.2 Å². The van der Waals surface area contributed by atoms with Gasteiger partial charge in [-0.05, 0) is 45.3 Å². The summed E-state index contributed by atoms with van der Waals surface area (Å²) in [5.41, 5.74) is -0.620. The first-order chi connectivity index (χ1) is 10.9. The monoisotopic (exact) mass is 393 g/mol. The molecule has 25 heavy (non-hydrogen) atoms. The number of rotatable bonds is 3. The average molecular weight is 394 g/mol. The van der Waals surface area contributed by atoms with Crippen molar-refractivity contribution in [2.45, 2.75) is 83.1 Å². The molecule has 0 aliphatic carbocycles. The number of hydrogen-bond donors (Lipinski definition) is 0. The normalized spacial score (nSPS) is 23.5. The van der Waals surface area contributed by atoms with Gasteiger partial charge in [0.1, 0.15) is 5.60 Å². The molecule has 1 amide bonds. The molecule has 1 saturated heterocycles. The summed E-state index contributed by atoms with van der Waals surface area (Å²) < 4.78 is 36.1. The number of likely N-dealkylation sites (tertiary alicyclic amines) is 1. The van der Waals surface area contributed by atoms with E-state index >= 15 is 0 Å². The smallest absolute Gasteiger partial charge is 0.410 e. The Morgan fingerprint density at radius 1 is 1.08 bits per heavy atom. The molecule has 6 nitrogen and oxygen atoms in total. The molecule has 0 unspecified atom stereocenters. The first-order valence-corrected chi connectivity index (χ1v) is 13.6. The Morgan fingerprint density at radius 3 is 2.00 bits per heavy atom. The van der Waals surface area contributed by atoms with E-state index in [1.54, 1.807) is 20.8 Å². The Labute approximate surface area is 154 Å². The molecule has 1 aliphatic rings. The number of piperidine rings is 1. The molecule has 1 rings (SSSR count). The molecule has 2 atom stereocenters. The topological polar surface area (TPSA) is 72.9 Å². The lowest BCUT2D eigenvalue weighted by Gasteiger charge is -2.44. The van der Waals surface area contributed by atoms with Gasteiger partial charge in [0, 0.05) is 19.3 Å². The number of ether oxygens (including phenoxy) is 1. The van der Waals surface area contributed by atoms with Crippen LogP contribution >= 0.6 is 0 Å². The summed E-state index contributed by atoms with van der Waals surface area (Å²) in [4.78, 5) is 13.9. The number of sulfone groups is 1. The van der Waals surface area contributed by atoms with Crippen molar-refractivity contribution >= 4 is 24.2 Å². The van der Waals surface area contributed by atoms with Crippen molar-refractivity contribution in [2.24, 2.45) is 0 Å². The fourth-order valence-corrected chi connectivity index (χ4v) is 4.85. The predicted molar refractivity (Wildman–Crippen MR) is 103 cm³/mol. The molecule has 0 aromatic heterocycles. The molecule has 8 heteroatoms. The maximum absolute atomic E-state index is 12.5. The number of carbonyl (C=O) groups excluding carboxylic acids is 1. The van der Waals surface area contributed by atoms with Gasteiger partial charge in [-0.1, -0.05) is 20.8 Å². The van der Waals surface area contributed by atoms with E-state index < -0.39 is 35.1 Å². The second-order valence-electron chi connectivity index (χ2n) is 9.57. The maximum atomic E-state index is 12.5. The number of nitrogens with zero attached hydrogens (tertiary/aromatic N) is 1. The quantitative estimate of drug-likeness (QED) is 0.687. The van der Waals surface area contributed by atoms with Gasteiger partial charge in [0.15, 0.2) is 18.2 Å². The van der Waals surface area contributed by atoms with Crippen molar-refractivity contribution in [2.75, 3.05) is 19.3 Å². The van der Waals surface area contributed by atoms with Gasteiger partial charge in [0.05, 0.1) is 11.4 Å². The Balaban J connectivity index is 3.01. The van der Waals surface area contributed by atoms with Gasteiger partial charge < -0.3 is 14.1 Å². The molecular weight excluding hydrogens is 358 g/mol. The molecule has 1 aliphatic heterocycles. The summed E-state index contributed by atoms with van der Waals surface area (Å²) in [6, 6.07) is 0. The summed E-state index contributed by atoms with van der Waals surface area (Å²) >= 11 is 0. The summed E-state index contributed by atoms with van der Waals surface area (Å²) in [6.45, 7) is 16.6. The van der Waals surface area contributed by atoms with E-state index in [0.717, 1.165) is 0 Å². The molecule has 0 aromatic carbocycles. The van der Waals surface area contributed by atoms with Gasteiger partial charge in [0.2, 0.25) is 0 Å². The van der Waals surface area contributed by atoms with E-state index in [9.17, 15) is 13.2 Å². The predicted octanol–water partition coefficient (Wildman–Crippen LogP) is 3.43. The molecule has 1 heterocycles. The third kappa shape index (κ3) is 6.56. The molecule has 148 valence electrons. The first kappa shape index (κ1) is 22.4. The van der Waals surface area contributed by atoms with E-state index in [2.05, 4.69) is 33.9 Å². The summed E-state index contributed by atoms with van der Waals surface area (Å²) in [5, 5.41) is -0.606. The SMILES string of the molecule is CC(C)(C)OC(=O)N1C[C@@H](O[Si](C)(C)C(C)(C)C)C[C@H](S(C)(=O)=O)C1. The number of carbonyl (C=O) groups is 1. The zero-order chi connectivity index (χ0) is 19.8. The van der Waals surface area contributed by atoms with Gasteiger partial charge in [-0.15, -0.1) is 0 Å². The molecule has 0 saturated carbocycles. The highest BCUT2D eigenvalue weighted by molar-refractivity contribution is 7.91. The van der Waals surface area contributed by atoms with Crippen molar-refractivity contribution < 1.29 is 22.4 Å². The zero-order valence-electron chi connectivity index (χ0n) is 17.2. The van der Waals surface area contributed by atoms with Gasteiger partial charge >= 0.3 is 6.09 Å². The lowest BCUT2D eigenvalue weighted by molar-refractivity contribution is 0.00657. The molecule has 0 radical (unpaired) electrons. The average Bonchev–Trinajstić information content (AvgIpc) is 2.33. The highest BCUT2D eigenvalue weighted by atomic mass is 32.2. The van der Waals surface area contributed by atoms with Crippen LogP contribution in [0, 0.1) is 0 Å². The Bertz CT molecular complexity index is 589. The Morgan fingerprint density at radius 2 is 1.60 bits per heavy atom. The Hall–Kier alpha value is -0.603. The van der Waals surface area contributed by atoms with Gasteiger partial charge in [0.25, 0.3) is 0 Å². The van der Waals surface area contributed by atoms with E-state index in [4.69, 9.17) is 9.16 Å². The fourth-order valence-electron chi connectivity index (χ4n) is 2.47. The van der Waals surface area contributed by atoms with Crippen LogP contribution in [0.5, 0.6) is 0 Å². The van der Waals surface area contributed by atoms with Crippen LogP contribution in [0.1, 0.15) is 48.0 Å². The van der Waals surface area contributed by atoms with Crippen molar-refractivity contribution in [3.63, 3.8) is 0 Å². The van der Waals surface area contributed by atoms with E-state index in [1.807, 2.05) is 0 Å². The number of amides is 1. The third-order valence-electron chi connectivity index (χ3n) is 4.90. The van der Waals surface area contributed by atoms with Crippen LogP contribution in [0.15, 0.2) is 0 Å². The van der Waals surface area contributed by atoms with Crippen LogP contribution in [0.4, 0.5) is 4.79 Å². The number of hydrogen-bond acceptors (Lipinski definition) is 5. The lowest BCUT2D eigenvalue weighted by Crippen LogP contribution is -2.55. The van der Waals surface area contributed by atoms with Crippen LogP contribution < -0.4 is 0 Å². The molecule has 0 aromatic rings. The fraction of sp³-hybridized carbons (Fsp3) is 0.941. The van der Waals surface area contributed by atoms with Crippen molar-refractivity contribution in [1.82, 2.24) is 4.90 Å². The zero-order valence-corrected chi connectivity index (χ0v) is 19.0. The molecule has 0 N–H and O–H groups in total. The lowest BCUT2D eigenvalue weighted by atomic mass is 10.1. The van der Waals surface area contributed by atoms with Gasteiger partial charge in [-0.3, -0.25) is 0 Å². The van der Waals surface area contributed by atoms with Crippen molar-refractivity contribution in [1.29, 1.82) is 0 Å². The van der Waals surface area contributed by atoms with Crippen LogP contribution in [-0.2, 0) is 19.0 Å². The third-order valence-corrected chi connectivity index (χ3v) is 11.0. The minimum Gasteiger partial charge on any atom is -0.444 e. The standard InChI is InChI=1S/C17H35NO5SSi/c1-16(2,3)22-15(19)18-11-13(10-14(12-18)24(7,20)21)23-25(8,9)17(4,5)6/h13-14H,10-12H2,1-9H3/t13-,14-/m0/s1. The van der Waals surface area contributed by atoms with Crippen molar-refractivity contribution in [3.8, 4) is 0 Å². The molecule has 1 fully saturated rings. The van der Waals surface area contributed by atoms with Crippen LogP contribution in [0.3, 0.4) is 0 Å². The molecular formula is C17H35NO5SSi.